The van der Waals surface area contributed by atoms with Crippen molar-refractivity contribution in [1.82, 2.24) is 19.8 Å². The van der Waals surface area contributed by atoms with E-state index >= 15 is 0 Å². The molecule has 1 amide bonds. The Bertz CT molecular complexity index is 694. The van der Waals surface area contributed by atoms with E-state index in [1.54, 1.807) is 0 Å². The molecule has 130 valence electrons. The van der Waals surface area contributed by atoms with E-state index in [2.05, 4.69) is 46.8 Å². The number of imidazole rings is 1. The summed E-state index contributed by atoms with van der Waals surface area (Å²) < 4.78 is 2.29. The summed E-state index contributed by atoms with van der Waals surface area (Å²) >= 11 is 0. The molecule has 5 nitrogen and oxygen atoms in total. The molecular formula is C19H28N4O. The van der Waals surface area contributed by atoms with Crippen LogP contribution in [0.25, 0.3) is 11.0 Å². The molecule has 1 fully saturated rings. The zero-order valence-electron chi connectivity index (χ0n) is 14.8. The first-order valence-corrected chi connectivity index (χ1v) is 9.17. The maximum Gasteiger partial charge on any atom is 0.224 e. The lowest BCUT2D eigenvalue weighted by atomic mass is 9.97. The fraction of sp³-hybridized carbons (Fsp3) is 0.579. The summed E-state index contributed by atoms with van der Waals surface area (Å²) in [7, 11) is 0. The highest BCUT2D eigenvalue weighted by molar-refractivity contribution is 5.79. The number of carbonyl (C=O) groups excluding carboxylic acids is 1. The molecule has 2 aromatic rings. The minimum Gasteiger partial charge on any atom is -0.356 e. The number of benzene rings is 1. The predicted octanol–water partition coefficient (Wildman–Crippen LogP) is 2.79. The Kier molecular flexibility index (Phi) is 5.51. The first-order chi connectivity index (χ1) is 11.7. The first-order valence-electron chi connectivity index (χ1n) is 9.17. The van der Waals surface area contributed by atoms with Crippen LogP contribution in [0.5, 0.6) is 0 Å². The summed E-state index contributed by atoms with van der Waals surface area (Å²) in [5.74, 6) is 1.43. The number of aromatic nitrogens is 2. The summed E-state index contributed by atoms with van der Waals surface area (Å²) in [6, 6.07) is 8.30. The van der Waals surface area contributed by atoms with Gasteiger partial charge in [-0.25, -0.2) is 4.98 Å². The Labute approximate surface area is 144 Å². The Morgan fingerprint density at radius 3 is 2.96 bits per heavy atom. The number of nitrogens with zero attached hydrogens (tertiary/aromatic N) is 3. The summed E-state index contributed by atoms with van der Waals surface area (Å²) in [5, 5.41) is 3.04. The lowest BCUT2D eigenvalue weighted by Gasteiger charge is -2.31. The fourth-order valence-corrected chi connectivity index (χ4v) is 3.60. The van der Waals surface area contributed by atoms with E-state index in [4.69, 9.17) is 4.98 Å². The SMILES string of the molecule is CCCNC(=O)[C@@H]1CCCN(Cc2nc3ccccc3n2CC)C1. The van der Waals surface area contributed by atoms with Crippen molar-refractivity contribution < 1.29 is 4.79 Å². The average Bonchev–Trinajstić information content (AvgIpc) is 2.96. The smallest absolute Gasteiger partial charge is 0.224 e. The zero-order chi connectivity index (χ0) is 16.9. The molecule has 1 aromatic heterocycles. The number of carbonyl (C=O) groups is 1. The van der Waals surface area contributed by atoms with Crippen LogP contribution in [0.1, 0.15) is 38.9 Å². The maximum absolute atomic E-state index is 12.3. The third kappa shape index (κ3) is 3.61. The lowest BCUT2D eigenvalue weighted by molar-refractivity contribution is -0.126. The van der Waals surface area contributed by atoms with Crippen molar-refractivity contribution in [3.8, 4) is 0 Å². The number of rotatable bonds is 6. The van der Waals surface area contributed by atoms with E-state index in [-0.39, 0.29) is 11.8 Å². The number of amides is 1. The molecule has 1 aromatic carbocycles. The number of piperidine rings is 1. The van der Waals surface area contributed by atoms with Crippen LogP contribution in [0, 0.1) is 5.92 Å². The maximum atomic E-state index is 12.3. The molecule has 1 saturated heterocycles. The highest BCUT2D eigenvalue weighted by Crippen LogP contribution is 2.21. The van der Waals surface area contributed by atoms with E-state index in [1.807, 2.05) is 6.07 Å². The van der Waals surface area contributed by atoms with E-state index in [0.29, 0.717) is 0 Å². The van der Waals surface area contributed by atoms with Crippen molar-refractivity contribution in [2.24, 2.45) is 5.92 Å². The second kappa shape index (κ2) is 7.79. The highest BCUT2D eigenvalue weighted by atomic mass is 16.1. The molecule has 0 spiro atoms. The molecule has 0 aliphatic carbocycles. The number of likely N-dealkylation sites (tertiary alicyclic amines) is 1. The molecule has 2 heterocycles. The van der Waals surface area contributed by atoms with Gasteiger partial charge in [0.05, 0.1) is 23.5 Å². The normalized spacial score (nSPS) is 18.8. The number of hydrogen-bond acceptors (Lipinski definition) is 3. The standard InChI is InChI=1S/C19H28N4O/c1-3-11-20-19(24)15-8-7-12-22(13-15)14-18-21-16-9-5-6-10-17(16)23(18)4-2/h5-6,9-10,15H,3-4,7-8,11-14H2,1-2H3,(H,20,24)/t15-/m1/s1. The van der Waals surface area contributed by atoms with E-state index in [1.165, 1.54) is 5.52 Å². The van der Waals surface area contributed by atoms with Gasteiger partial charge in [0.1, 0.15) is 5.82 Å². The van der Waals surface area contributed by atoms with Crippen molar-refractivity contribution >= 4 is 16.9 Å². The van der Waals surface area contributed by atoms with Crippen LogP contribution >= 0.6 is 0 Å². The van der Waals surface area contributed by atoms with Gasteiger partial charge in [-0.3, -0.25) is 9.69 Å². The van der Waals surface area contributed by atoms with Gasteiger partial charge in [0, 0.05) is 19.6 Å². The Morgan fingerprint density at radius 2 is 2.17 bits per heavy atom. The summed E-state index contributed by atoms with van der Waals surface area (Å²) in [5.41, 5.74) is 2.26. The van der Waals surface area contributed by atoms with Crippen LogP contribution in [-0.4, -0.2) is 40.0 Å². The van der Waals surface area contributed by atoms with E-state index < -0.39 is 0 Å². The minimum absolute atomic E-state index is 0.116. The molecule has 1 aliphatic rings. The molecule has 0 radical (unpaired) electrons. The summed E-state index contributed by atoms with van der Waals surface area (Å²) in [4.78, 5) is 19.5. The van der Waals surface area contributed by atoms with Gasteiger partial charge in [0.15, 0.2) is 0 Å². The van der Waals surface area contributed by atoms with Crippen LogP contribution in [-0.2, 0) is 17.9 Å². The Balaban J connectivity index is 1.70. The van der Waals surface area contributed by atoms with Crippen molar-refractivity contribution in [1.29, 1.82) is 0 Å². The fourth-order valence-electron chi connectivity index (χ4n) is 3.60. The molecule has 1 N–H and O–H groups in total. The molecule has 0 unspecified atom stereocenters. The quantitative estimate of drug-likeness (QED) is 0.887. The van der Waals surface area contributed by atoms with Gasteiger partial charge in [-0.1, -0.05) is 19.1 Å². The summed E-state index contributed by atoms with van der Waals surface area (Å²) in [6.07, 6.45) is 3.06. The topological polar surface area (TPSA) is 50.2 Å². The van der Waals surface area contributed by atoms with Gasteiger partial charge < -0.3 is 9.88 Å². The van der Waals surface area contributed by atoms with Crippen LogP contribution in [0.4, 0.5) is 0 Å². The molecule has 24 heavy (non-hydrogen) atoms. The number of fused-ring (bicyclic) bond motifs is 1. The monoisotopic (exact) mass is 328 g/mol. The van der Waals surface area contributed by atoms with Gasteiger partial charge in [-0.05, 0) is 44.9 Å². The summed E-state index contributed by atoms with van der Waals surface area (Å²) in [6.45, 7) is 8.65. The molecule has 0 bridgehead atoms. The Hall–Kier alpha value is -1.88. The van der Waals surface area contributed by atoms with E-state index in [0.717, 1.165) is 63.3 Å². The second-order valence-electron chi connectivity index (χ2n) is 6.63. The van der Waals surface area contributed by atoms with Gasteiger partial charge in [0.2, 0.25) is 5.91 Å². The Morgan fingerprint density at radius 1 is 1.33 bits per heavy atom. The van der Waals surface area contributed by atoms with Crippen LogP contribution in [0.3, 0.4) is 0 Å². The molecule has 5 heteroatoms. The lowest BCUT2D eigenvalue weighted by Crippen LogP contribution is -2.43. The third-order valence-electron chi connectivity index (χ3n) is 4.84. The number of hydrogen-bond donors (Lipinski definition) is 1. The number of para-hydroxylation sites is 2. The van der Waals surface area contributed by atoms with Gasteiger partial charge in [-0.2, -0.15) is 0 Å². The second-order valence-corrected chi connectivity index (χ2v) is 6.63. The third-order valence-corrected chi connectivity index (χ3v) is 4.84. The highest BCUT2D eigenvalue weighted by Gasteiger charge is 2.26. The van der Waals surface area contributed by atoms with Gasteiger partial charge >= 0.3 is 0 Å². The van der Waals surface area contributed by atoms with Crippen LogP contribution in [0.15, 0.2) is 24.3 Å². The molecule has 0 saturated carbocycles. The zero-order valence-corrected chi connectivity index (χ0v) is 14.8. The van der Waals surface area contributed by atoms with Crippen LogP contribution in [0.2, 0.25) is 0 Å². The van der Waals surface area contributed by atoms with Gasteiger partial charge in [0.25, 0.3) is 0 Å². The molecule has 3 rings (SSSR count). The van der Waals surface area contributed by atoms with Crippen molar-refractivity contribution in [3.05, 3.63) is 30.1 Å². The minimum atomic E-state index is 0.116. The molecule has 1 atom stereocenters. The van der Waals surface area contributed by atoms with Crippen molar-refractivity contribution in [3.63, 3.8) is 0 Å². The predicted molar refractivity (Wildman–Crippen MR) is 96.7 cm³/mol. The van der Waals surface area contributed by atoms with Crippen LogP contribution < -0.4 is 5.32 Å². The number of aryl methyl sites for hydroxylation is 1. The molecular weight excluding hydrogens is 300 g/mol. The molecule has 1 aliphatic heterocycles. The van der Waals surface area contributed by atoms with Crippen molar-refractivity contribution in [2.75, 3.05) is 19.6 Å². The average molecular weight is 328 g/mol. The first kappa shape index (κ1) is 17.0. The van der Waals surface area contributed by atoms with Crippen molar-refractivity contribution in [2.45, 2.75) is 46.2 Å². The van der Waals surface area contributed by atoms with Gasteiger partial charge in [-0.15, -0.1) is 0 Å². The number of nitrogens with one attached hydrogen (secondary N) is 1. The van der Waals surface area contributed by atoms with E-state index in [9.17, 15) is 4.79 Å². The largest absolute Gasteiger partial charge is 0.356 e.